The molecular formula is C15H15N3O3. The molecule has 0 radical (unpaired) electrons. The fraction of sp³-hybridized carbons (Fsp3) is 0.133. The molecule has 2 aromatic rings. The van der Waals surface area contributed by atoms with Gasteiger partial charge in [-0.3, -0.25) is 14.6 Å². The van der Waals surface area contributed by atoms with Crippen molar-refractivity contribution in [2.24, 2.45) is 0 Å². The van der Waals surface area contributed by atoms with Crippen molar-refractivity contribution in [1.82, 2.24) is 10.3 Å². The Morgan fingerprint density at radius 3 is 2.81 bits per heavy atom. The third-order valence-corrected chi connectivity index (χ3v) is 2.69. The van der Waals surface area contributed by atoms with Gasteiger partial charge in [-0.1, -0.05) is 6.07 Å². The highest BCUT2D eigenvalue weighted by Gasteiger charge is 2.09. The Morgan fingerprint density at radius 1 is 1.24 bits per heavy atom. The van der Waals surface area contributed by atoms with E-state index in [1.54, 1.807) is 42.6 Å². The van der Waals surface area contributed by atoms with Crippen molar-refractivity contribution in [3.8, 4) is 5.75 Å². The quantitative estimate of drug-likeness (QED) is 0.871. The molecule has 0 aliphatic carbocycles. The van der Waals surface area contributed by atoms with E-state index in [1.165, 1.54) is 13.3 Å². The fourth-order valence-corrected chi connectivity index (χ4v) is 1.67. The summed E-state index contributed by atoms with van der Waals surface area (Å²) in [6.45, 7) is -0.120. The Labute approximate surface area is 122 Å². The standard InChI is InChI=1S/C15H15N3O3/c1-21-13-6-2-4-11(8-13)15(20)17-10-14(19)18-12-5-3-7-16-9-12/h2-9H,10H2,1H3,(H,17,20)(H,18,19). The lowest BCUT2D eigenvalue weighted by atomic mass is 10.2. The van der Waals surface area contributed by atoms with E-state index in [2.05, 4.69) is 15.6 Å². The SMILES string of the molecule is COc1cccc(C(=O)NCC(=O)Nc2cccnc2)c1. The second-order valence-corrected chi connectivity index (χ2v) is 4.20. The Bertz CT molecular complexity index is 629. The highest BCUT2D eigenvalue weighted by Crippen LogP contribution is 2.12. The fourth-order valence-electron chi connectivity index (χ4n) is 1.67. The lowest BCUT2D eigenvalue weighted by molar-refractivity contribution is -0.115. The molecule has 0 atom stereocenters. The third-order valence-electron chi connectivity index (χ3n) is 2.69. The van der Waals surface area contributed by atoms with Crippen LogP contribution in [0.15, 0.2) is 48.8 Å². The summed E-state index contributed by atoms with van der Waals surface area (Å²) < 4.78 is 5.04. The maximum Gasteiger partial charge on any atom is 0.251 e. The van der Waals surface area contributed by atoms with Gasteiger partial charge in [0.25, 0.3) is 5.91 Å². The normalized spacial score (nSPS) is 9.76. The molecule has 0 saturated carbocycles. The van der Waals surface area contributed by atoms with Crippen LogP contribution < -0.4 is 15.4 Å². The van der Waals surface area contributed by atoms with E-state index >= 15 is 0 Å². The van der Waals surface area contributed by atoms with Crippen LogP contribution in [0.1, 0.15) is 10.4 Å². The van der Waals surface area contributed by atoms with Crippen molar-refractivity contribution in [2.75, 3.05) is 19.0 Å². The van der Waals surface area contributed by atoms with Crippen molar-refractivity contribution >= 4 is 17.5 Å². The minimum absolute atomic E-state index is 0.120. The second-order valence-electron chi connectivity index (χ2n) is 4.20. The van der Waals surface area contributed by atoms with Crippen LogP contribution in [0, 0.1) is 0 Å². The average molecular weight is 285 g/mol. The number of nitrogens with one attached hydrogen (secondary N) is 2. The predicted molar refractivity (Wildman–Crippen MR) is 78.2 cm³/mol. The van der Waals surface area contributed by atoms with Gasteiger partial charge in [-0.05, 0) is 30.3 Å². The summed E-state index contributed by atoms with van der Waals surface area (Å²) in [5.74, 6) is -0.0723. The van der Waals surface area contributed by atoms with E-state index in [-0.39, 0.29) is 18.4 Å². The van der Waals surface area contributed by atoms with Gasteiger partial charge in [0.1, 0.15) is 5.75 Å². The number of aromatic nitrogens is 1. The van der Waals surface area contributed by atoms with Crippen molar-refractivity contribution < 1.29 is 14.3 Å². The van der Waals surface area contributed by atoms with Gasteiger partial charge < -0.3 is 15.4 Å². The van der Waals surface area contributed by atoms with Gasteiger partial charge in [0.05, 0.1) is 25.5 Å². The molecule has 21 heavy (non-hydrogen) atoms. The number of carbonyl (C=O) groups excluding carboxylic acids is 2. The van der Waals surface area contributed by atoms with E-state index in [1.807, 2.05) is 0 Å². The smallest absolute Gasteiger partial charge is 0.251 e. The summed E-state index contributed by atoms with van der Waals surface area (Å²) in [6, 6.07) is 10.1. The number of amides is 2. The summed E-state index contributed by atoms with van der Waals surface area (Å²) in [7, 11) is 1.53. The van der Waals surface area contributed by atoms with Crippen LogP contribution in [0.3, 0.4) is 0 Å². The predicted octanol–water partition coefficient (Wildman–Crippen LogP) is 1.46. The molecule has 0 aliphatic rings. The zero-order chi connectivity index (χ0) is 15.1. The summed E-state index contributed by atoms with van der Waals surface area (Å²) >= 11 is 0. The van der Waals surface area contributed by atoms with Crippen LogP contribution in [0.4, 0.5) is 5.69 Å². The van der Waals surface area contributed by atoms with E-state index in [9.17, 15) is 9.59 Å². The monoisotopic (exact) mass is 285 g/mol. The molecular weight excluding hydrogens is 270 g/mol. The number of benzene rings is 1. The first-order valence-electron chi connectivity index (χ1n) is 6.31. The largest absolute Gasteiger partial charge is 0.497 e. The van der Waals surface area contributed by atoms with Crippen molar-refractivity contribution in [3.05, 3.63) is 54.4 Å². The molecule has 6 heteroatoms. The van der Waals surface area contributed by atoms with Gasteiger partial charge in [0.15, 0.2) is 0 Å². The van der Waals surface area contributed by atoms with E-state index < -0.39 is 0 Å². The van der Waals surface area contributed by atoms with E-state index in [0.29, 0.717) is 17.0 Å². The summed E-state index contributed by atoms with van der Waals surface area (Å²) in [6.07, 6.45) is 3.14. The molecule has 0 fully saturated rings. The molecule has 2 N–H and O–H groups in total. The second kappa shape index (κ2) is 7.04. The number of anilines is 1. The molecule has 108 valence electrons. The minimum Gasteiger partial charge on any atom is -0.497 e. The van der Waals surface area contributed by atoms with Crippen LogP contribution in [-0.2, 0) is 4.79 Å². The molecule has 1 aromatic carbocycles. The third kappa shape index (κ3) is 4.31. The van der Waals surface area contributed by atoms with Gasteiger partial charge in [0, 0.05) is 11.8 Å². The summed E-state index contributed by atoms with van der Waals surface area (Å²) in [4.78, 5) is 27.5. The number of rotatable bonds is 5. The van der Waals surface area contributed by atoms with Crippen LogP contribution in [0.2, 0.25) is 0 Å². The number of ether oxygens (including phenoxy) is 1. The lowest BCUT2D eigenvalue weighted by Gasteiger charge is -2.07. The number of nitrogens with zero attached hydrogens (tertiary/aromatic N) is 1. The van der Waals surface area contributed by atoms with Crippen LogP contribution >= 0.6 is 0 Å². The van der Waals surface area contributed by atoms with Gasteiger partial charge in [-0.25, -0.2) is 0 Å². The number of methoxy groups -OCH3 is 1. The van der Waals surface area contributed by atoms with Gasteiger partial charge in [0.2, 0.25) is 5.91 Å². The number of hydrogen-bond acceptors (Lipinski definition) is 4. The Hall–Kier alpha value is -2.89. The zero-order valence-electron chi connectivity index (χ0n) is 11.5. The van der Waals surface area contributed by atoms with Crippen LogP contribution in [0.25, 0.3) is 0 Å². The maximum absolute atomic E-state index is 11.9. The molecule has 6 nitrogen and oxygen atoms in total. The zero-order valence-corrected chi connectivity index (χ0v) is 11.5. The Morgan fingerprint density at radius 2 is 2.10 bits per heavy atom. The van der Waals surface area contributed by atoms with Crippen LogP contribution in [0.5, 0.6) is 5.75 Å². The molecule has 2 amide bonds. The van der Waals surface area contributed by atoms with Gasteiger partial charge in [-0.15, -0.1) is 0 Å². The minimum atomic E-state index is -0.338. The molecule has 2 rings (SSSR count). The first kappa shape index (κ1) is 14.5. The van der Waals surface area contributed by atoms with E-state index in [4.69, 9.17) is 4.74 Å². The molecule has 1 aromatic heterocycles. The Kier molecular flexibility index (Phi) is 4.87. The highest BCUT2D eigenvalue weighted by atomic mass is 16.5. The first-order valence-corrected chi connectivity index (χ1v) is 6.31. The molecule has 0 bridgehead atoms. The molecule has 1 heterocycles. The first-order chi connectivity index (χ1) is 10.2. The van der Waals surface area contributed by atoms with E-state index in [0.717, 1.165) is 0 Å². The molecule has 0 saturated heterocycles. The van der Waals surface area contributed by atoms with Crippen molar-refractivity contribution in [1.29, 1.82) is 0 Å². The molecule has 0 aliphatic heterocycles. The molecule has 0 spiro atoms. The maximum atomic E-state index is 11.9. The average Bonchev–Trinajstić information content (AvgIpc) is 2.53. The lowest BCUT2D eigenvalue weighted by Crippen LogP contribution is -2.32. The number of carbonyl (C=O) groups is 2. The Balaban J connectivity index is 1.87. The van der Waals surface area contributed by atoms with Gasteiger partial charge >= 0.3 is 0 Å². The summed E-state index contributed by atoms with van der Waals surface area (Å²) in [5.41, 5.74) is 1.02. The highest BCUT2D eigenvalue weighted by molar-refractivity contribution is 5.99. The van der Waals surface area contributed by atoms with Crippen molar-refractivity contribution in [3.63, 3.8) is 0 Å². The van der Waals surface area contributed by atoms with Crippen LogP contribution in [-0.4, -0.2) is 30.5 Å². The van der Waals surface area contributed by atoms with Crippen molar-refractivity contribution in [2.45, 2.75) is 0 Å². The van der Waals surface area contributed by atoms with Gasteiger partial charge in [-0.2, -0.15) is 0 Å². The topological polar surface area (TPSA) is 80.3 Å². The number of hydrogen-bond donors (Lipinski definition) is 2. The molecule has 0 unspecified atom stereocenters. The summed E-state index contributed by atoms with van der Waals surface area (Å²) in [5, 5.41) is 5.17. The number of pyridine rings is 1.